The second-order valence-electron chi connectivity index (χ2n) is 6.48. The Morgan fingerprint density at radius 2 is 1.94 bits per heavy atom. The van der Waals surface area contributed by atoms with Crippen LogP contribution in [0.4, 0.5) is 0 Å². The number of halogens is 1. The van der Waals surface area contributed by atoms with Crippen molar-refractivity contribution < 1.29 is 19.1 Å². The molecule has 1 aliphatic rings. The number of methoxy groups -OCH3 is 1. The second-order valence-corrected chi connectivity index (χ2v) is 9.15. The van der Waals surface area contributed by atoms with Gasteiger partial charge in [0.05, 0.1) is 13.7 Å². The Kier molecular flexibility index (Phi) is 8.11. The van der Waals surface area contributed by atoms with Gasteiger partial charge in [-0.2, -0.15) is 0 Å². The molecule has 1 N–H and O–H groups in total. The molecule has 31 heavy (non-hydrogen) atoms. The summed E-state index contributed by atoms with van der Waals surface area (Å²) in [5.41, 5.74) is 0.809. The molecule has 0 spiro atoms. The molecule has 3 rings (SSSR count). The molecule has 1 atom stereocenters. The maximum Gasteiger partial charge on any atom is 0.241 e. The van der Waals surface area contributed by atoms with E-state index in [-0.39, 0.29) is 11.8 Å². The number of rotatable bonds is 7. The molecule has 1 heterocycles. The zero-order valence-corrected chi connectivity index (χ0v) is 19.6. The maximum atomic E-state index is 12.0. The number of hydrazone groups is 1. The van der Waals surface area contributed by atoms with Crippen molar-refractivity contribution in [2.45, 2.75) is 24.1 Å². The predicted molar refractivity (Wildman–Crippen MR) is 125 cm³/mol. The van der Waals surface area contributed by atoms with Gasteiger partial charge in [-0.3, -0.25) is 9.59 Å². The SMILES string of the molecule is COc1cc(C2SC(NC(C)=O)=NN2C(C)=O)ccc1OCCSc1ccc(Cl)cc1. The van der Waals surface area contributed by atoms with Crippen molar-refractivity contribution in [2.75, 3.05) is 19.5 Å². The molecule has 2 aromatic rings. The first kappa shape index (κ1) is 23.3. The standard InChI is InChI=1S/C21H22ClN3O4S2/c1-13(26)23-21-24-25(14(2)27)20(31-21)15-4-9-18(19(12-15)28-3)29-10-11-30-17-7-5-16(22)6-8-17/h4-9,12,20H,10-11H2,1-3H3,(H,23,24,26). The molecule has 7 nitrogen and oxygen atoms in total. The molecule has 10 heteroatoms. The first-order chi connectivity index (χ1) is 14.9. The Labute approximate surface area is 194 Å². The van der Waals surface area contributed by atoms with Crippen molar-refractivity contribution in [3.63, 3.8) is 0 Å². The molecule has 0 aromatic heterocycles. The van der Waals surface area contributed by atoms with E-state index in [0.29, 0.717) is 28.3 Å². The summed E-state index contributed by atoms with van der Waals surface area (Å²) in [6.45, 7) is 3.33. The van der Waals surface area contributed by atoms with E-state index in [0.717, 1.165) is 16.2 Å². The van der Waals surface area contributed by atoms with Crippen molar-refractivity contribution in [1.29, 1.82) is 0 Å². The topological polar surface area (TPSA) is 80.2 Å². The van der Waals surface area contributed by atoms with Crippen molar-refractivity contribution in [2.24, 2.45) is 5.10 Å². The van der Waals surface area contributed by atoms with Gasteiger partial charge in [0, 0.05) is 29.5 Å². The van der Waals surface area contributed by atoms with Gasteiger partial charge in [-0.1, -0.05) is 29.4 Å². The van der Waals surface area contributed by atoms with Crippen molar-refractivity contribution >= 4 is 52.1 Å². The van der Waals surface area contributed by atoms with Crippen molar-refractivity contribution in [3.8, 4) is 11.5 Å². The normalized spacial score (nSPS) is 15.4. The van der Waals surface area contributed by atoms with Crippen LogP contribution in [0.15, 0.2) is 52.5 Å². The predicted octanol–water partition coefficient (Wildman–Crippen LogP) is 4.52. The fraction of sp³-hybridized carbons (Fsp3) is 0.286. The minimum atomic E-state index is -0.400. The van der Waals surface area contributed by atoms with Crippen LogP contribution in [0.3, 0.4) is 0 Å². The van der Waals surface area contributed by atoms with Gasteiger partial charge in [0.1, 0.15) is 5.37 Å². The number of nitrogens with one attached hydrogen (secondary N) is 1. The Balaban J connectivity index is 1.64. The van der Waals surface area contributed by atoms with Crippen LogP contribution in [-0.2, 0) is 9.59 Å². The third kappa shape index (κ3) is 6.32. The first-order valence-electron chi connectivity index (χ1n) is 9.39. The summed E-state index contributed by atoms with van der Waals surface area (Å²) >= 11 is 8.87. The average molecular weight is 480 g/mol. The number of carbonyl (C=O) groups is 2. The Hall–Kier alpha value is -2.36. The lowest BCUT2D eigenvalue weighted by molar-refractivity contribution is -0.129. The number of carbonyl (C=O) groups excluding carboxylic acids is 2. The lowest BCUT2D eigenvalue weighted by atomic mass is 10.2. The van der Waals surface area contributed by atoms with Gasteiger partial charge in [0.25, 0.3) is 0 Å². The molecule has 164 valence electrons. The highest BCUT2D eigenvalue weighted by Gasteiger charge is 2.32. The monoisotopic (exact) mass is 479 g/mol. The van der Waals surface area contributed by atoms with E-state index in [1.165, 1.54) is 30.6 Å². The lowest BCUT2D eigenvalue weighted by Gasteiger charge is -2.20. The zero-order valence-electron chi connectivity index (χ0n) is 17.3. The summed E-state index contributed by atoms with van der Waals surface area (Å²) in [6.07, 6.45) is 0. The molecule has 1 unspecified atom stereocenters. The van der Waals surface area contributed by atoms with E-state index in [1.807, 2.05) is 42.5 Å². The van der Waals surface area contributed by atoms with E-state index in [4.69, 9.17) is 21.1 Å². The highest BCUT2D eigenvalue weighted by Crippen LogP contribution is 2.41. The van der Waals surface area contributed by atoms with Crippen molar-refractivity contribution in [3.05, 3.63) is 53.1 Å². The number of amidine groups is 1. The lowest BCUT2D eigenvalue weighted by Crippen LogP contribution is -2.25. The van der Waals surface area contributed by atoms with Crippen LogP contribution in [0.2, 0.25) is 5.02 Å². The highest BCUT2D eigenvalue weighted by atomic mass is 35.5. The third-order valence-electron chi connectivity index (χ3n) is 4.15. The summed E-state index contributed by atoms with van der Waals surface area (Å²) < 4.78 is 11.4. The Bertz CT molecular complexity index is 985. The van der Waals surface area contributed by atoms with E-state index in [1.54, 1.807) is 18.9 Å². The fourth-order valence-corrected chi connectivity index (χ4v) is 4.76. The van der Waals surface area contributed by atoms with Crippen LogP contribution in [0.1, 0.15) is 24.8 Å². The smallest absolute Gasteiger partial charge is 0.241 e. The van der Waals surface area contributed by atoms with Crippen LogP contribution < -0.4 is 14.8 Å². The number of hydrogen-bond donors (Lipinski definition) is 1. The number of nitrogens with zero attached hydrogens (tertiary/aromatic N) is 2. The van der Waals surface area contributed by atoms with Gasteiger partial charge in [0.2, 0.25) is 11.8 Å². The minimum Gasteiger partial charge on any atom is -0.493 e. The summed E-state index contributed by atoms with van der Waals surface area (Å²) in [4.78, 5) is 24.5. The van der Waals surface area contributed by atoms with Gasteiger partial charge >= 0.3 is 0 Å². The number of amides is 2. The zero-order chi connectivity index (χ0) is 22.4. The van der Waals surface area contributed by atoms with Crippen LogP contribution >= 0.6 is 35.1 Å². The number of benzene rings is 2. The Morgan fingerprint density at radius 3 is 2.58 bits per heavy atom. The van der Waals surface area contributed by atoms with Crippen LogP contribution in [0.25, 0.3) is 0 Å². The van der Waals surface area contributed by atoms with E-state index in [2.05, 4.69) is 10.4 Å². The quantitative estimate of drug-likeness (QED) is 0.464. The molecule has 0 bridgehead atoms. The molecule has 0 fully saturated rings. The average Bonchev–Trinajstić information content (AvgIpc) is 3.16. The van der Waals surface area contributed by atoms with E-state index in [9.17, 15) is 9.59 Å². The fourth-order valence-electron chi connectivity index (χ4n) is 2.78. The van der Waals surface area contributed by atoms with Gasteiger partial charge in [0.15, 0.2) is 16.7 Å². The second kappa shape index (κ2) is 10.8. The van der Waals surface area contributed by atoms with E-state index < -0.39 is 5.37 Å². The molecular weight excluding hydrogens is 458 g/mol. The molecule has 2 aromatic carbocycles. The van der Waals surface area contributed by atoms with Crippen LogP contribution in [0.5, 0.6) is 11.5 Å². The van der Waals surface area contributed by atoms with Gasteiger partial charge in [-0.25, -0.2) is 5.01 Å². The minimum absolute atomic E-state index is 0.226. The van der Waals surface area contributed by atoms with Gasteiger partial charge < -0.3 is 14.8 Å². The van der Waals surface area contributed by atoms with Gasteiger partial charge in [-0.05, 0) is 42.0 Å². The highest BCUT2D eigenvalue weighted by molar-refractivity contribution is 8.14. The number of ether oxygens (including phenoxy) is 2. The molecule has 1 aliphatic heterocycles. The Morgan fingerprint density at radius 1 is 1.19 bits per heavy atom. The largest absolute Gasteiger partial charge is 0.493 e. The molecule has 0 aliphatic carbocycles. The first-order valence-corrected chi connectivity index (χ1v) is 11.6. The number of hydrogen-bond acceptors (Lipinski definition) is 7. The molecule has 0 radical (unpaired) electrons. The molecule has 0 saturated heterocycles. The molecule has 0 saturated carbocycles. The number of thioether (sulfide) groups is 2. The van der Waals surface area contributed by atoms with E-state index >= 15 is 0 Å². The maximum absolute atomic E-state index is 12.0. The summed E-state index contributed by atoms with van der Waals surface area (Å²) in [5, 5.41) is 8.87. The van der Waals surface area contributed by atoms with Crippen molar-refractivity contribution in [1.82, 2.24) is 10.3 Å². The molecular formula is C21H22ClN3O4S2. The van der Waals surface area contributed by atoms with Crippen LogP contribution in [0, 0.1) is 0 Å². The summed E-state index contributed by atoms with van der Waals surface area (Å²) in [7, 11) is 1.57. The van der Waals surface area contributed by atoms with Gasteiger partial charge in [-0.15, -0.1) is 16.9 Å². The molecule has 2 amide bonds. The summed E-state index contributed by atoms with van der Waals surface area (Å²) in [6, 6.07) is 13.2. The van der Waals surface area contributed by atoms with Crippen LogP contribution in [-0.4, -0.2) is 41.5 Å². The summed E-state index contributed by atoms with van der Waals surface area (Å²) in [5.74, 6) is 1.47. The third-order valence-corrected chi connectivity index (χ3v) is 6.48.